The van der Waals surface area contributed by atoms with E-state index in [0.29, 0.717) is 0 Å². The van der Waals surface area contributed by atoms with Gasteiger partial charge in [-0.1, -0.05) is 42.5 Å². The molecule has 0 aliphatic rings. The second kappa shape index (κ2) is 4.46. The van der Waals surface area contributed by atoms with Crippen molar-refractivity contribution in [3.63, 3.8) is 0 Å². The van der Waals surface area contributed by atoms with Crippen LogP contribution in [-0.4, -0.2) is 5.51 Å². The highest BCUT2D eigenvalue weighted by molar-refractivity contribution is 8.00. The van der Waals surface area contributed by atoms with E-state index in [1.165, 1.54) is 6.07 Å². The van der Waals surface area contributed by atoms with E-state index in [0.717, 1.165) is 21.5 Å². The minimum Gasteiger partial charge on any atom is -0.160 e. The Hall–Kier alpha value is -1.68. The molecular weight excluding hydrogens is 269 g/mol. The van der Waals surface area contributed by atoms with Crippen molar-refractivity contribution in [2.75, 3.05) is 0 Å². The maximum atomic E-state index is 12.4. The van der Waals surface area contributed by atoms with Gasteiger partial charge in [-0.15, -0.1) is 0 Å². The maximum absolute atomic E-state index is 12.4. The molecule has 96 valence electrons. The van der Waals surface area contributed by atoms with Crippen LogP contribution in [-0.2, 0) is 0 Å². The minimum absolute atomic E-state index is 0.0759. The van der Waals surface area contributed by atoms with Crippen molar-refractivity contribution in [3.8, 4) is 0 Å². The molecule has 0 aliphatic carbocycles. The van der Waals surface area contributed by atoms with Crippen LogP contribution in [0.15, 0.2) is 59.5 Å². The molecule has 0 amide bonds. The van der Waals surface area contributed by atoms with Gasteiger partial charge in [0.05, 0.1) is 0 Å². The SMILES string of the molecule is FC(F)(F)Sc1ccc2ccc3ccccc3c2c1. The summed E-state index contributed by atoms with van der Waals surface area (Å²) in [6.07, 6.45) is 0. The van der Waals surface area contributed by atoms with Crippen LogP contribution < -0.4 is 0 Å². The minimum atomic E-state index is -4.25. The number of hydrogen-bond acceptors (Lipinski definition) is 1. The topological polar surface area (TPSA) is 0 Å². The van der Waals surface area contributed by atoms with E-state index >= 15 is 0 Å². The zero-order chi connectivity index (χ0) is 13.5. The van der Waals surface area contributed by atoms with E-state index < -0.39 is 5.51 Å². The van der Waals surface area contributed by atoms with E-state index in [9.17, 15) is 13.2 Å². The van der Waals surface area contributed by atoms with Crippen LogP contribution in [0, 0.1) is 0 Å². The van der Waals surface area contributed by atoms with Gasteiger partial charge in [0.25, 0.3) is 0 Å². The molecule has 0 saturated carbocycles. The van der Waals surface area contributed by atoms with E-state index in [1.54, 1.807) is 12.1 Å². The lowest BCUT2D eigenvalue weighted by Gasteiger charge is -2.08. The molecule has 0 aliphatic heterocycles. The van der Waals surface area contributed by atoms with Gasteiger partial charge in [-0.3, -0.25) is 0 Å². The van der Waals surface area contributed by atoms with Crippen molar-refractivity contribution in [3.05, 3.63) is 54.6 Å². The van der Waals surface area contributed by atoms with E-state index in [1.807, 2.05) is 36.4 Å². The number of thioether (sulfide) groups is 1. The molecule has 0 radical (unpaired) electrons. The van der Waals surface area contributed by atoms with E-state index in [-0.39, 0.29) is 16.7 Å². The number of rotatable bonds is 1. The standard InChI is InChI=1S/C15H9F3S/c16-15(17,18)19-12-8-7-11-6-5-10-3-1-2-4-13(10)14(11)9-12/h1-9H. The quantitative estimate of drug-likeness (QED) is 0.412. The molecule has 0 aromatic heterocycles. The first kappa shape index (κ1) is 12.4. The first-order valence-corrected chi connectivity index (χ1v) is 6.52. The third-order valence-electron chi connectivity index (χ3n) is 2.95. The summed E-state index contributed by atoms with van der Waals surface area (Å²) < 4.78 is 37.3. The van der Waals surface area contributed by atoms with Crippen LogP contribution in [0.1, 0.15) is 0 Å². The van der Waals surface area contributed by atoms with Gasteiger partial charge in [-0.2, -0.15) is 13.2 Å². The molecular formula is C15H9F3S. The number of alkyl halides is 3. The van der Waals surface area contributed by atoms with Crippen molar-refractivity contribution in [2.24, 2.45) is 0 Å². The lowest BCUT2D eigenvalue weighted by molar-refractivity contribution is -0.0328. The average Bonchev–Trinajstić information content (AvgIpc) is 2.37. The van der Waals surface area contributed by atoms with E-state index in [2.05, 4.69) is 0 Å². The van der Waals surface area contributed by atoms with Gasteiger partial charge in [-0.05, 0) is 45.4 Å². The Bertz CT molecular complexity index is 747. The zero-order valence-corrected chi connectivity index (χ0v) is 10.6. The first-order chi connectivity index (χ1) is 9.03. The second-order valence-corrected chi connectivity index (χ2v) is 5.36. The zero-order valence-electron chi connectivity index (χ0n) is 9.74. The average molecular weight is 278 g/mol. The highest BCUT2D eigenvalue weighted by Gasteiger charge is 2.29. The molecule has 19 heavy (non-hydrogen) atoms. The third-order valence-corrected chi connectivity index (χ3v) is 3.67. The van der Waals surface area contributed by atoms with Crippen LogP contribution in [0.3, 0.4) is 0 Å². The highest BCUT2D eigenvalue weighted by Crippen LogP contribution is 2.38. The van der Waals surface area contributed by atoms with Crippen molar-refractivity contribution in [1.82, 2.24) is 0 Å². The van der Waals surface area contributed by atoms with Gasteiger partial charge in [-0.25, -0.2) is 0 Å². The summed E-state index contributed by atoms with van der Waals surface area (Å²) in [6, 6.07) is 16.5. The van der Waals surface area contributed by atoms with Crippen LogP contribution >= 0.6 is 11.8 Å². The highest BCUT2D eigenvalue weighted by atomic mass is 32.2. The van der Waals surface area contributed by atoms with Gasteiger partial charge >= 0.3 is 5.51 Å². The van der Waals surface area contributed by atoms with Gasteiger partial charge < -0.3 is 0 Å². The largest absolute Gasteiger partial charge is 0.446 e. The molecule has 3 aromatic rings. The smallest absolute Gasteiger partial charge is 0.160 e. The van der Waals surface area contributed by atoms with Crippen molar-refractivity contribution in [2.45, 2.75) is 10.4 Å². The van der Waals surface area contributed by atoms with Crippen LogP contribution in [0.5, 0.6) is 0 Å². The molecule has 0 bridgehead atoms. The summed E-state index contributed by atoms with van der Waals surface area (Å²) >= 11 is -0.0759. The summed E-state index contributed by atoms with van der Waals surface area (Å²) in [5.41, 5.74) is -4.25. The fourth-order valence-electron chi connectivity index (χ4n) is 2.18. The Morgan fingerprint density at radius 3 is 2.11 bits per heavy atom. The number of benzene rings is 3. The fourth-order valence-corrected chi connectivity index (χ4v) is 2.76. The summed E-state index contributed by atoms with van der Waals surface area (Å²) in [7, 11) is 0. The van der Waals surface area contributed by atoms with Gasteiger partial charge in [0.15, 0.2) is 0 Å². The molecule has 0 unspecified atom stereocenters. The summed E-state index contributed by atoms with van der Waals surface area (Å²) in [5.74, 6) is 0. The third kappa shape index (κ3) is 2.54. The van der Waals surface area contributed by atoms with Gasteiger partial charge in [0.2, 0.25) is 0 Å². The lowest BCUT2D eigenvalue weighted by Crippen LogP contribution is -1.98. The van der Waals surface area contributed by atoms with Crippen LogP contribution in [0.25, 0.3) is 21.5 Å². The molecule has 4 heteroatoms. The molecule has 3 rings (SSSR count). The van der Waals surface area contributed by atoms with Crippen LogP contribution in [0.2, 0.25) is 0 Å². The van der Waals surface area contributed by atoms with E-state index in [4.69, 9.17) is 0 Å². The monoisotopic (exact) mass is 278 g/mol. The lowest BCUT2D eigenvalue weighted by atomic mass is 10.0. The Morgan fingerprint density at radius 2 is 1.37 bits per heavy atom. The molecule has 0 N–H and O–H groups in total. The number of hydrogen-bond donors (Lipinski definition) is 0. The fraction of sp³-hybridized carbons (Fsp3) is 0.0667. The summed E-state index contributed by atoms with van der Waals surface area (Å²) in [4.78, 5) is 0.219. The summed E-state index contributed by atoms with van der Waals surface area (Å²) in [6.45, 7) is 0. The van der Waals surface area contributed by atoms with Crippen molar-refractivity contribution < 1.29 is 13.2 Å². The van der Waals surface area contributed by atoms with Gasteiger partial charge in [0.1, 0.15) is 0 Å². The Labute approximate surface area is 112 Å². The molecule has 0 saturated heterocycles. The Balaban J connectivity index is 2.22. The molecule has 3 aromatic carbocycles. The predicted octanol–water partition coefficient (Wildman–Crippen LogP) is 5.60. The van der Waals surface area contributed by atoms with Crippen molar-refractivity contribution in [1.29, 1.82) is 0 Å². The predicted molar refractivity (Wildman–Crippen MR) is 73.4 cm³/mol. The second-order valence-electron chi connectivity index (χ2n) is 4.22. The molecule has 0 fully saturated rings. The van der Waals surface area contributed by atoms with Crippen LogP contribution in [0.4, 0.5) is 13.2 Å². The van der Waals surface area contributed by atoms with Gasteiger partial charge in [0, 0.05) is 4.90 Å². The maximum Gasteiger partial charge on any atom is 0.446 e. The number of fused-ring (bicyclic) bond motifs is 3. The Kier molecular flexibility index (Phi) is 2.90. The Morgan fingerprint density at radius 1 is 0.737 bits per heavy atom. The first-order valence-electron chi connectivity index (χ1n) is 5.70. The normalized spacial score (nSPS) is 12.2. The molecule has 0 atom stereocenters. The summed E-state index contributed by atoms with van der Waals surface area (Å²) in [5, 5.41) is 3.81. The number of halogens is 3. The molecule has 0 heterocycles. The molecule has 0 nitrogen and oxygen atoms in total. The molecule has 0 spiro atoms. The van der Waals surface area contributed by atoms with Crippen molar-refractivity contribution >= 4 is 33.3 Å².